The Bertz CT molecular complexity index is 801. The topological polar surface area (TPSA) is 43.1 Å². The summed E-state index contributed by atoms with van der Waals surface area (Å²) in [6.07, 6.45) is 8.00. The van der Waals surface area contributed by atoms with E-state index in [2.05, 4.69) is 57.0 Å². The van der Waals surface area contributed by atoms with Crippen LogP contribution in [0.2, 0.25) is 0 Å². The molecule has 124 valence electrons. The van der Waals surface area contributed by atoms with Gasteiger partial charge in [0, 0.05) is 11.1 Å². The smallest absolute Gasteiger partial charge is 0.227 e. The molecule has 0 spiro atoms. The Balaban J connectivity index is 1.98. The molecule has 3 nitrogen and oxygen atoms in total. The van der Waals surface area contributed by atoms with Crippen molar-refractivity contribution in [1.82, 2.24) is 4.98 Å². The van der Waals surface area contributed by atoms with Crippen molar-refractivity contribution in [1.29, 1.82) is 0 Å². The van der Waals surface area contributed by atoms with E-state index in [1.165, 1.54) is 5.56 Å². The maximum atomic E-state index is 11.4. The highest BCUT2D eigenvalue weighted by molar-refractivity contribution is 5.85. The molecule has 0 saturated carbocycles. The fourth-order valence-electron chi connectivity index (χ4n) is 2.85. The van der Waals surface area contributed by atoms with E-state index in [1.807, 2.05) is 18.2 Å². The first-order chi connectivity index (χ1) is 11.4. The molecule has 0 radical (unpaired) electrons. The minimum absolute atomic E-state index is 0.0993. The van der Waals surface area contributed by atoms with Gasteiger partial charge in [0.1, 0.15) is 0 Å². The molecule has 0 bridgehead atoms. The van der Waals surface area contributed by atoms with Crippen LogP contribution in [0.1, 0.15) is 55.9 Å². The number of aromatic nitrogens is 1. The lowest BCUT2D eigenvalue weighted by atomic mass is 9.87. The number of allylic oxidation sites excluding steroid dienone is 4. The summed E-state index contributed by atoms with van der Waals surface area (Å²) < 4.78 is 5.94. The average Bonchev–Trinajstić information content (AvgIpc) is 2.98. The summed E-state index contributed by atoms with van der Waals surface area (Å²) in [5.74, 6) is 1.48. The fraction of sp³-hybridized carbons (Fsp3) is 0.333. The monoisotopic (exact) mass is 321 g/mol. The summed E-state index contributed by atoms with van der Waals surface area (Å²) in [6.45, 7) is 8.68. The third-order valence-electron chi connectivity index (χ3n) is 4.29. The largest absolute Gasteiger partial charge is 0.435 e. The minimum atomic E-state index is 0.0993. The van der Waals surface area contributed by atoms with Crippen LogP contribution in [0.4, 0.5) is 0 Å². The molecule has 3 heteroatoms. The van der Waals surface area contributed by atoms with Crippen molar-refractivity contribution < 1.29 is 9.21 Å². The first-order valence-electron chi connectivity index (χ1n) is 8.34. The van der Waals surface area contributed by atoms with Crippen LogP contribution >= 0.6 is 0 Å². The highest BCUT2D eigenvalue weighted by Gasteiger charge is 2.19. The zero-order chi connectivity index (χ0) is 17.3. The van der Waals surface area contributed by atoms with E-state index >= 15 is 0 Å². The number of rotatable bonds is 3. The summed E-state index contributed by atoms with van der Waals surface area (Å²) in [7, 11) is 0. The lowest BCUT2D eigenvalue weighted by Crippen LogP contribution is -2.10. The number of carbonyl (C=O) groups excluding carboxylic acids is 1. The fourth-order valence-corrected chi connectivity index (χ4v) is 2.85. The molecule has 1 aromatic carbocycles. The van der Waals surface area contributed by atoms with E-state index in [1.54, 1.807) is 0 Å². The molecule has 0 fully saturated rings. The van der Waals surface area contributed by atoms with Crippen LogP contribution in [-0.4, -0.2) is 11.3 Å². The highest BCUT2D eigenvalue weighted by Crippen LogP contribution is 2.31. The molecule has 0 aliphatic heterocycles. The summed E-state index contributed by atoms with van der Waals surface area (Å²) in [4.78, 5) is 15.8. The number of benzene rings is 1. The maximum Gasteiger partial charge on any atom is 0.227 e. The number of hydrogen-bond acceptors (Lipinski definition) is 3. The Kier molecular flexibility index (Phi) is 4.27. The Morgan fingerprint density at radius 1 is 1.21 bits per heavy atom. The highest BCUT2D eigenvalue weighted by atomic mass is 16.4. The van der Waals surface area contributed by atoms with Gasteiger partial charge in [-0.15, -0.1) is 0 Å². The van der Waals surface area contributed by atoms with Gasteiger partial charge < -0.3 is 4.42 Å². The Hall–Kier alpha value is -2.42. The van der Waals surface area contributed by atoms with Crippen molar-refractivity contribution in [3.8, 4) is 11.5 Å². The van der Waals surface area contributed by atoms with Crippen molar-refractivity contribution >= 4 is 11.9 Å². The molecule has 0 N–H and O–H groups in total. The van der Waals surface area contributed by atoms with E-state index in [0.29, 0.717) is 23.3 Å². The maximum absolute atomic E-state index is 11.4. The van der Waals surface area contributed by atoms with Crippen LogP contribution in [0.5, 0.6) is 0 Å². The number of oxazole rings is 1. The number of hydrogen-bond donors (Lipinski definition) is 0. The van der Waals surface area contributed by atoms with Crippen LogP contribution in [0.25, 0.3) is 17.0 Å². The third-order valence-corrected chi connectivity index (χ3v) is 4.29. The van der Waals surface area contributed by atoms with Crippen LogP contribution in [0.3, 0.4) is 0 Å². The van der Waals surface area contributed by atoms with Gasteiger partial charge in [-0.3, -0.25) is 4.79 Å². The summed E-state index contributed by atoms with van der Waals surface area (Å²) in [5, 5.41) is 0. The Morgan fingerprint density at radius 3 is 2.50 bits per heavy atom. The number of nitrogens with zero attached hydrogens (tertiary/aromatic N) is 1. The predicted molar refractivity (Wildman–Crippen MR) is 96.9 cm³/mol. The van der Waals surface area contributed by atoms with E-state index < -0.39 is 0 Å². The molecule has 0 saturated heterocycles. The lowest BCUT2D eigenvalue weighted by Gasteiger charge is -2.18. The first-order valence-corrected chi connectivity index (χ1v) is 8.34. The van der Waals surface area contributed by atoms with Crippen molar-refractivity contribution in [2.24, 2.45) is 5.92 Å². The molecule has 3 rings (SSSR count). The van der Waals surface area contributed by atoms with Gasteiger partial charge in [-0.05, 0) is 35.4 Å². The van der Waals surface area contributed by atoms with Gasteiger partial charge in [-0.1, -0.05) is 58.1 Å². The molecule has 1 unspecified atom stereocenters. The minimum Gasteiger partial charge on any atom is -0.435 e. The molecular formula is C21H23NO2. The zero-order valence-corrected chi connectivity index (χ0v) is 14.7. The number of carbonyl (C=O) groups is 1. The van der Waals surface area contributed by atoms with Crippen molar-refractivity contribution in [3.63, 3.8) is 0 Å². The lowest BCUT2D eigenvalue weighted by molar-refractivity contribution is 0.111. The second-order valence-electron chi connectivity index (χ2n) is 7.42. The van der Waals surface area contributed by atoms with E-state index in [-0.39, 0.29) is 5.41 Å². The first kappa shape index (κ1) is 16.4. The Labute approximate surface area is 143 Å². The molecule has 24 heavy (non-hydrogen) atoms. The molecular weight excluding hydrogens is 298 g/mol. The molecule has 2 aromatic rings. The summed E-state index contributed by atoms with van der Waals surface area (Å²) in [5.41, 5.74) is 3.52. The normalized spacial score (nSPS) is 17.7. The van der Waals surface area contributed by atoms with Gasteiger partial charge in [0.05, 0.1) is 0 Å². The van der Waals surface area contributed by atoms with E-state index in [9.17, 15) is 4.79 Å². The summed E-state index contributed by atoms with van der Waals surface area (Å²) in [6, 6.07) is 8.17. The zero-order valence-electron chi connectivity index (χ0n) is 14.7. The van der Waals surface area contributed by atoms with Crippen LogP contribution in [0, 0.1) is 5.92 Å². The molecule has 1 aliphatic rings. The van der Waals surface area contributed by atoms with E-state index in [0.717, 1.165) is 23.8 Å². The van der Waals surface area contributed by atoms with Gasteiger partial charge in [0.2, 0.25) is 5.89 Å². The summed E-state index contributed by atoms with van der Waals surface area (Å²) >= 11 is 0. The van der Waals surface area contributed by atoms with Crippen molar-refractivity contribution in [3.05, 3.63) is 59.5 Å². The Morgan fingerprint density at radius 2 is 1.92 bits per heavy atom. The van der Waals surface area contributed by atoms with Crippen molar-refractivity contribution in [2.45, 2.75) is 39.5 Å². The second-order valence-corrected chi connectivity index (χ2v) is 7.42. The molecule has 1 aliphatic carbocycles. The standard InChI is InChI=1S/C21H23NO2/c1-14-6-5-7-16(12-14)19-18(13-23)22-20(24-19)15-8-10-17(11-9-15)21(2,3)4/h5,7-14H,6H2,1-4H3. The second kappa shape index (κ2) is 6.23. The van der Waals surface area contributed by atoms with Crippen LogP contribution < -0.4 is 0 Å². The van der Waals surface area contributed by atoms with Crippen LogP contribution in [-0.2, 0) is 5.41 Å². The van der Waals surface area contributed by atoms with Crippen LogP contribution in [0.15, 0.2) is 46.9 Å². The molecule has 1 aromatic heterocycles. The van der Waals surface area contributed by atoms with Gasteiger partial charge in [-0.2, -0.15) is 0 Å². The third kappa shape index (κ3) is 3.25. The van der Waals surface area contributed by atoms with E-state index in [4.69, 9.17) is 4.42 Å². The molecule has 0 amide bonds. The SMILES string of the molecule is CC1C=C(c2oc(-c3ccc(C(C)(C)C)cc3)nc2C=O)C=CC1. The van der Waals surface area contributed by atoms with Gasteiger partial charge in [-0.25, -0.2) is 4.98 Å². The predicted octanol–water partition coefficient (Wildman–Crippen LogP) is 5.43. The van der Waals surface area contributed by atoms with Crippen molar-refractivity contribution in [2.75, 3.05) is 0 Å². The van der Waals surface area contributed by atoms with Gasteiger partial charge in [0.15, 0.2) is 17.7 Å². The average molecular weight is 321 g/mol. The van der Waals surface area contributed by atoms with Gasteiger partial charge in [0.25, 0.3) is 0 Å². The molecule has 1 heterocycles. The number of aldehydes is 1. The van der Waals surface area contributed by atoms with Gasteiger partial charge >= 0.3 is 0 Å². The molecule has 1 atom stereocenters. The quantitative estimate of drug-likeness (QED) is 0.708.